The number of methoxy groups -OCH3 is 1. The zero-order chi connectivity index (χ0) is 15.9. The van der Waals surface area contributed by atoms with Gasteiger partial charge in [0.15, 0.2) is 22.8 Å². The van der Waals surface area contributed by atoms with E-state index in [-0.39, 0.29) is 28.3 Å². The largest absolute Gasteiger partial charge is 0.504 e. The van der Waals surface area contributed by atoms with E-state index in [1.807, 2.05) is 0 Å². The molecular weight excluding hydrogens is 284 g/mol. The van der Waals surface area contributed by atoms with E-state index in [2.05, 4.69) is 0 Å². The number of benzene rings is 2. The maximum absolute atomic E-state index is 12.6. The van der Waals surface area contributed by atoms with Gasteiger partial charge in [0.1, 0.15) is 6.26 Å². The monoisotopic (exact) mass is 298 g/mol. The lowest BCUT2D eigenvalue weighted by Crippen LogP contribution is -2.05. The summed E-state index contributed by atoms with van der Waals surface area (Å²) < 4.78 is 10.5. The number of ether oxygens (including phenoxy) is 1. The third-order valence-corrected chi connectivity index (χ3v) is 3.61. The van der Waals surface area contributed by atoms with Gasteiger partial charge in [-0.15, -0.1) is 0 Å². The molecule has 1 aromatic heterocycles. The minimum absolute atomic E-state index is 0.00954. The predicted molar refractivity (Wildman–Crippen MR) is 82.5 cm³/mol. The average molecular weight is 298 g/mol. The molecule has 0 aliphatic heterocycles. The molecule has 0 unspecified atom stereocenters. The Labute approximate surface area is 126 Å². The number of aryl methyl sites for hydroxylation is 1. The predicted octanol–water partition coefficient (Wildman–Crippen LogP) is 3.19. The average Bonchev–Trinajstić information content (AvgIpc) is 2.52. The van der Waals surface area contributed by atoms with Crippen LogP contribution in [-0.2, 0) is 0 Å². The van der Waals surface area contributed by atoms with Crippen molar-refractivity contribution in [1.82, 2.24) is 0 Å². The molecule has 0 aliphatic carbocycles. The van der Waals surface area contributed by atoms with Gasteiger partial charge in [0, 0.05) is 0 Å². The molecule has 0 radical (unpaired) electrons. The Morgan fingerprint density at radius 2 is 1.91 bits per heavy atom. The van der Waals surface area contributed by atoms with Gasteiger partial charge in [-0.2, -0.15) is 0 Å². The summed E-state index contributed by atoms with van der Waals surface area (Å²) >= 11 is 0. The third kappa shape index (κ3) is 2.07. The first-order chi connectivity index (χ1) is 10.5. The molecule has 2 N–H and O–H groups in total. The van der Waals surface area contributed by atoms with Crippen molar-refractivity contribution >= 4 is 11.0 Å². The lowest BCUT2D eigenvalue weighted by Gasteiger charge is -2.08. The van der Waals surface area contributed by atoms with Crippen molar-refractivity contribution in [2.45, 2.75) is 6.92 Å². The van der Waals surface area contributed by atoms with E-state index in [1.54, 1.807) is 31.2 Å². The highest BCUT2D eigenvalue weighted by Gasteiger charge is 2.14. The zero-order valence-electron chi connectivity index (χ0n) is 12.1. The maximum atomic E-state index is 12.6. The fourth-order valence-electron chi connectivity index (χ4n) is 2.33. The zero-order valence-corrected chi connectivity index (χ0v) is 12.1. The first-order valence-electron chi connectivity index (χ1n) is 6.64. The molecule has 112 valence electrons. The first kappa shape index (κ1) is 14.0. The molecule has 0 fully saturated rings. The molecule has 5 nitrogen and oxygen atoms in total. The molecule has 3 aromatic rings. The van der Waals surface area contributed by atoms with Crippen molar-refractivity contribution in [1.29, 1.82) is 0 Å². The number of aromatic hydroxyl groups is 2. The SMILES string of the molecule is COc1cc(-c2coc3c(O)c(C)ccc3c2=O)ccc1O. The molecular formula is C17H14O5. The van der Waals surface area contributed by atoms with Crippen LogP contribution in [0.5, 0.6) is 17.2 Å². The van der Waals surface area contributed by atoms with E-state index in [9.17, 15) is 15.0 Å². The first-order valence-corrected chi connectivity index (χ1v) is 6.64. The highest BCUT2D eigenvalue weighted by Crippen LogP contribution is 2.32. The molecule has 0 aliphatic rings. The van der Waals surface area contributed by atoms with E-state index in [4.69, 9.17) is 9.15 Å². The fourth-order valence-corrected chi connectivity index (χ4v) is 2.33. The summed E-state index contributed by atoms with van der Waals surface area (Å²) in [6.45, 7) is 1.73. The Kier molecular flexibility index (Phi) is 3.25. The van der Waals surface area contributed by atoms with Crippen LogP contribution in [0.4, 0.5) is 0 Å². The number of rotatable bonds is 2. The van der Waals surface area contributed by atoms with Gasteiger partial charge in [0.05, 0.1) is 18.1 Å². The van der Waals surface area contributed by atoms with Crippen molar-refractivity contribution in [3.8, 4) is 28.4 Å². The highest BCUT2D eigenvalue weighted by molar-refractivity contribution is 5.86. The lowest BCUT2D eigenvalue weighted by molar-refractivity contribution is 0.373. The van der Waals surface area contributed by atoms with Crippen LogP contribution < -0.4 is 10.2 Å². The Morgan fingerprint density at radius 1 is 1.14 bits per heavy atom. The molecule has 5 heteroatoms. The maximum Gasteiger partial charge on any atom is 0.200 e. The van der Waals surface area contributed by atoms with Gasteiger partial charge in [-0.05, 0) is 36.2 Å². The number of fused-ring (bicyclic) bond motifs is 1. The Balaban J connectivity index is 2.27. The quantitative estimate of drug-likeness (QED) is 0.759. The second-order valence-corrected chi connectivity index (χ2v) is 4.97. The topological polar surface area (TPSA) is 79.9 Å². The van der Waals surface area contributed by atoms with Crippen molar-refractivity contribution in [3.63, 3.8) is 0 Å². The van der Waals surface area contributed by atoms with E-state index in [0.29, 0.717) is 22.1 Å². The summed E-state index contributed by atoms with van der Waals surface area (Å²) in [5.74, 6) is 0.220. The number of hydrogen-bond acceptors (Lipinski definition) is 5. The number of phenolic OH excluding ortho intramolecular Hbond substituents is 2. The van der Waals surface area contributed by atoms with Gasteiger partial charge in [-0.3, -0.25) is 4.79 Å². The molecule has 22 heavy (non-hydrogen) atoms. The van der Waals surface area contributed by atoms with Gasteiger partial charge >= 0.3 is 0 Å². The summed E-state index contributed by atoms with van der Waals surface area (Å²) in [6, 6.07) is 7.89. The van der Waals surface area contributed by atoms with Crippen LogP contribution in [0.25, 0.3) is 22.1 Å². The summed E-state index contributed by atoms with van der Waals surface area (Å²) in [4.78, 5) is 12.6. The van der Waals surface area contributed by atoms with Crippen LogP contribution in [0.15, 0.2) is 45.8 Å². The molecule has 0 saturated carbocycles. The molecule has 0 amide bonds. The fraction of sp³-hybridized carbons (Fsp3) is 0.118. The lowest BCUT2D eigenvalue weighted by atomic mass is 10.0. The highest BCUT2D eigenvalue weighted by atomic mass is 16.5. The second kappa shape index (κ2) is 5.11. The van der Waals surface area contributed by atoms with Crippen LogP contribution in [0.1, 0.15) is 5.56 Å². The molecule has 2 aromatic carbocycles. The summed E-state index contributed by atoms with van der Waals surface area (Å²) in [6.07, 6.45) is 1.30. The van der Waals surface area contributed by atoms with Gasteiger partial charge in [-0.25, -0.2) is 0 Å². The van der Waals surface area contributed by atoms with Crippen molar-refractivity contribution in [3.05, 3.63) is 52.4 Å². The Bertz CT molecular complexity index is 924. The van der Waals surface area contributed by atoms with Crippen molar-refractivity contribution < 1.29 is 19.4 Å². The number of phenols is 2. The van der Waals surface area contributed by atoms with Crippen LogP contribution in [0, 0.1) is 6.92 Å². The van der Waals surface area contributed by atoms with E-state index in [1.165, 1.54) is 19.4 Å². The molecule has 0 saturated heterocycles. The minimum atomic E-state index is -0.260. The van der Waals surface area contributed by atoms with Gasteiger partial charge < -0.3 is 19.4 Å². The van der Waals surface area contributed by atoms with Crippen molar-refractivity contribution in [2.75, 3.05) is 7.11 Å². The van der Waals surface area contributed by atoms with Crippen molar-refractivity contribution in [2.24, 2.45) is 0 Å². The molecule has 3 rings (SSSR count). The van der Waals surface area contributed by atoms with Crippen LogP contribution in [0.2, 0.25) is 0 Å². The van der Waals surface area contributed by atoms with Crippen LogP contribution in [-0.4, -0.2) is 17.3 Å². The Hall–Kier alpha value is -2.95. The second-order valence-electron chi connectivity index (χ2n) is 4.97. The summed E-state index contributed by atoms with van der Waals surface area (Å²) in [7, 11) is 1.43. The van der Waals surface area contributed by atoms with Gasteiger partial charge in [0.25, 0.3) is 0 Å². The molecule has 0 atom stereocenters. The Morgan fingerprint density at radius 3 is 2.64 bits per heavy atom. The normalized spacial score (nSPS) is 10.8. The number of hydrogen-bond donors (Lipinski definition) is 2. The summed E-state index contributed by atoms with van der Waals surface area (Å²) in [5.41, 5.74) is 1.43. The van der Waals surface area contributed by atoms with E-state index in [0.717, 1.165) is 0 Å². The van der Waals surface area contributed by atoms with Gasteiger partial charge in [-0.1, -0.05) is 12.1 Å². The molecule has 0 spiro atoms. The van der Waals surface area contributed by atoms with E-state index < -0.39 is 0 Å². The molecule has 0 bridgehead atoms. The summed E-state index contributed by atoms with van der Waals surface area (Å²) in [5, 5.41) is 19.9. The molecule has 1 heterocycles. The standard InChI is InChI=1S/C17H14O5/c1-9-3-5-11-16(20)12(8-22-17(11)15(9)19)10-4-6-13(18)14(7-10)21-2/h3-8,18-19H,1-2H3. The van der Waals surface area contributed by atoms with Gasteiger partial charge in [0.2, 0.25) is 5.43 Å². The smallest absolute Gasteiger partial charge is 0.200 e. The minimum Gasteiger partial charge on any atom is -0.504 e. The van der Waals surface area contributed by atoms with Crippen LogP contribution >= 0.6 is 0 Å². The van der Waals surface area contributed by atoms with E-state index >= 15 is 0 Å². The third-order valence-electron chi connectivity index (χ3n) is 3.61. The van der Waals surface area contributed by atoms with Crippen LogP contribution in [0.3, 0.4) is 0 Å².